The second kappa shape index (κ2) is 10.4. The van der Waals surface area contributed by atoms with Gasteiger partial charge in [-0.05, 0) is 31.2 Å². The lowest BCUT2D eigenvalue weighted by molar-refractivity contribution is -0.139. The fourth-order valence-electron chi connectivity index (χ4n) is 3.84. The number of carbonyl (C=O) groups excluding carboxylic acids is 2. The van der Waals surface area contributed by atoms with E-state index in [1.807, 2.05) is 0 Å². The van der Waals surface area contributed by atoms with Crippen LogP contribution in [0.15, 0.2) is 30.3 Å². The van der Waals surface area contributed by atoms with Gasteiger partial charge in [0.2, 0.25) is 0 Å². The van der Waals surface area contributed by atoms with E-state index in [2.05, 4.69) is 45.3 Å². The van der Waals surface area contributed by atoms with Crippen molar-refractivity contribution >= 4 is 12.0 Å². The average Bonchev–Trinajstić information content (AvgIpc) is 2.74. The summed E-state index contributed by atoms with van der Waals surface area (Å²) in [5.41, 5.74) is 1.36. The fourth-order valence-corrected chi connectivity index (χ4v) is 3.84. The van der Waals surface area contributed by atoms with E-state index in [1.54, 1.807) is 4.90 Å². The molecule has 2 fully saturated rings. The summed E-state index contributed by atoms with van der Waals surface area (Å²) < 4.78 is 10.8. The summed E-state index contributed by atoms with van der Waals surface area (Å²) in [5, 5.41) is 2.59. The minimum absolute atomic E-state index is 0.0900. The van der Waals surface area contributed by atoms with Gasteiger partial charge in [0, 0.05) is 32.7 Å². The van der Waals surface area contributed by atoms with Crippen LogP contribution in [0.1, 0.15) is 31.2 Å². The van der Waals surface area contributed by atoms with Crippen LogP contribution in [-0.2, 0) is 20.8 Å². The lowest BCUT2D eigenvalue weighted by Gasteiger charge is -2.37. The molecule has 7 heteroatoms. The van der Waals surface area contributed by atoms with Gasteiger partial charge in [0.05, 0.1) is 19.3 Å². The monoisotopic (exact) mass is 389 g/mol. The van der Waals surface area contributed by atoms with Gasteiger partial charge >= 0.3 is 12.0 Å². The molecule has 2 aliphatic heterocycles. The predicted octanol–water partition coefficient (Wildman–Crippen LogP) is 2.01. The molecule has 3 rings (SSSR count). The number of benzene rings is 1. The maximum Gasteiger partial charge on any atom is 0.325 e. The second-order valence-electron chi connectivity index (χ2n) is 7.52. The van der Waals surface area contributed by atoms with Crippen molar-refractivity contribution in [3.8, 4) is 0 Å². The number of rotatable bonds is 6. The van der Waals surface area contributed by atoms with Gasteiger partial charge in [-0.15, -0.1) is 0 Å². The van der Waals surface area contributed by atoms with Crippen molar-refractivity contribution in [3.05, 3.63) is 35.9 Å². The molecule has 1 aromatic carbocycles. The van der Waals surface area contributed by atoms with Gasteiger partial charge in [-0.1, -0.05) is 30.3 Å². The molecule has 0 spiro atoms. The molecule has 1 aromatic rings. The Kier molecular flexibility index (Phi) is 7.68. The molecule has 28 heavy (non-hydrogen) atoms. The molecule has 0 bridgehead atoms. The minimum Gasteiger partial charge on any atom is -0.468 e. The van der Waals surface area contributed by atoms with Crippen LogP contribution in [0, 0.1) is 0 Å². The molecule has 2 saturated heterocycles. The van der Waals surface area contributed by atoms with E-state index in [4.69, 9.17) is 4.74 Å². The van der Waals surface area contributed by atoms with Gasteiger partial charge in [0.15, 0.2) is 0 Å². The first-order chi connectivity index (χ1) is 13.6. The predicted molar refractivity (Wildman–Crippen MR) is 106 cm³/mol. The zero-order chi connectivity index (χ0) is 19.8. The third-order valence-electron chi connectivity index (χ3n) is 5.51. The first kappa shape index (κ1) is 20.6. The number of amides is 2. The molecule has 0 radical (unpaired) electrons. The molecule has 0 saturated carbocycles. The molecule has 2 aliphatic rings. The fraction of sp³-hybridized carbons (Fsp3) is 0.619. The highest BCUT2D eigenvalue weighted by molar-refractivity contribution is 5.80. The zero-order valence-corrected chi connectivity index (χ0v) is 16.6. The third-order valence-corrected chi connectivity index (χ3v) is 5.51. The normalized spacial score (nSPS) is 19.4. The molecule has 0 unspecified atom stereocenters. The van der Waals surface area contributed by atoms with Gasteiger partial charge in [0.25, 0.3) is 0 Å². The number of methoxy groups -OCH3 is 1. The number of likely N-dealkylation sites (tertiary alicyclic amines) is 2. The number of hydrogen-bond acceptors (Lipinski definition) is 5. The van der Waals surface area contributed by atoms with Crippen molar-refractivity contribution in [2.75, 3.05) is 39.8 Å². The van der Waals surface area contributed by atoms with Crippen molar-refractivity contribution in [2.45, 2.75) is 44.4 Å². The van der Waals surface area contributed by atoms with Crippen LogP contribution in [0.2, 0.25) is 0 Å². The highest BCUT2D eigenvalue weighted by atomic mass is 16.5. The van der Waals surface area contributed by atoms with Gasteiger partial charge < -0.3 is 19.7 Å². The Morgan fingerprint density at radius 2 is 1.61 bits per heavy atom. The van der Waals surface area contributed by atoms with E-state index in [0.717, 1.165) is 45.3 Å². The van der Waals surface area contributed by atoms with E-state index < -0.39 is 5.97 Å². The molecular weight excluding hydrogens is 358 g/mol. The summed E-state index contributed by atoms with van der Waals surface area (Å²) in [6, 6.07) is 10.4. The summed E-state index contributed by atoms with van der Waals surface area (Å²) >= 11 is 0. The van der Waals surface area contributed by atoms with Crippen molar-refractivity contribution < 1.29 is 19.1 Å². The second-order valence-corrected chi connectivity index (χ2v) is 7.52. The highest BCUT2D eigenvalue weighted by Crippen LogP contribution is 2.22. The molecule has 2 amide bonds. The Morgan fingerprint density at radius 1 is 1.00 bits per heavy atom. The number of carbonyl (C=O) groups is 2. The van der Waals surface area contributed by atoms with E-state index in [-0.39, 0.29) is 18.7 Å². The molecule has 2 heterocycles. The summed E-state index contributed by atoms with van der Waals surface area (Å²) in [6.45, 7) is 4.36. The quantitative estimate of drug-likeness (QED) is 0.754. The average molecular weight is 389 g/mol. The number of nitrogens with zero attached hydrogens (tertiary/aromatic N) is 2. The number of nitrogens with one attached hydrogen (secondary N) is 1. The van der Waals surface area contributed by atoms with Crippen LogP contribution in [0.5, 0.6) is 0 Å². The number of ether oxygens (including phenoxy) is 2. The Hall–Kier alpha value is -2.12. The Labute approximate surface area is 167 Å². The molecule has 0 aliphatic carbocycles. The standard InChI is InChI=1S/C21H31N3O4/c1-27-20(25)15-22-21(26)24-13-9-19(10-14-24)28-18-7-11-23(12-8-18)16-17-5-3-2-4-6-17/h2-6,18-19H,7-16H2,1H3,(H,22,26). The molecule has 0 aromatic heterocycles. The van der Waals surface area contributed by atoms with Crippen LogP contribution in [0.25, 0.3) is 0 Å². The van der Waals surface area contributed by atoms with Crippen molar-refractivity contribution in [1.29, 1.82) is 0 Å². The zero-order valence-electron chi connectivity index (χ0n) is 16.6. The molecule has 154 valence electrons. The lowest BCUT2D eigenvalue weighted by atomic mass is 10.0. The largest absolute Gasteiger partial charge is 0.468 e. The number of hydrogen-bond donors (Lipinski definition) is 1. The van der Waals surface area contributed by atoms with Crippen LogP contribution in [-0.4, -0.2) is 73.8 Å². The SMILES string of the molecule is COC(=O)CNC(=O)N1CCC(OC2CCN(Cc3ccccc3)CC2)CC1. The van der Waals surface area contributed by atoms with Gasteiger partial charge in [-0.3, -0.25) is 9.69 Å². The van der Waals surface area contributed by atoms with Crippen molar-refractivity contribution in [2.24, 2.45) is 0 Å². The van der Waals surface area contributed by atoms with Crippen LogP contribution in [0.4, 0.5) is 4.79 Å². The van der Waals surface area contributed by atoms with Crippen LogP contribution in [0.3, 0.4) is 0 Å². The van der Waals surface area contributed by atoms with Crippen LogP contribution < -0.4 is 5.32 Å². The number of esters is 1. The van der Waals surface area contributed by atoms with Gasteiger partial charge in [-0.25, -0.2) is 4.79 Å². The molecule has 1 N–H and O–H groups in total. The maximum atomic E-state index is 12.1. The van der Waals surface area contributed by atoms with Crippen LogP contribution >= 0.6 is 0 Å². The summed E-state index contributed by atoms with van der Waals surface area (Å²) in [7, 11) is 1.31. The van der Waals surface area contributed by atoms with Crippen molar-refractivity contribution in [1.82, 2.24) is 15.1 Å². The van der Waals surface area contributed by atoms with E-state index in [9.17, 15) is 9.59 Å². The van der Waals surface area contributed by atoms with E-state index in [1.165, 1.54) is 12.7 Å². The molecule has 0 atom stereocenters. The van der Waals surface area contributed by atoms with E-state index >= 15 is 0 Å². The number of piperidine rings is 2. The topological polar surface area (TPSA) is 71.1 Å². The first-order valence-electron chi connectivity index (χ1n) is 10.2. The van der Waals surface area contributed by atoms with Crippen molar-refractivity contribution in [3.63, 3.8) is 0 Å². The Bertz CT molecular complexity index is 624. The van der Waals surface area contributed by atoms with Gasteiger partial charge in [-0.2, -0.15) is 0 Å². The maximum absolute atomic E-state index is 12.1. The first-order valence-corrected chi connectivity index (χ1v) is 10.2. The lowest BCUT2D eigenvalue weighted by Crippen LogP contribution is -2.48. The van der Waals surface area contributed by atoms with Gasteiger partial charge in [0.1, 0.15) is 6.54 Å². The Balaban J connectivity index is 1.32. The minimum atomic E-state index is -0.440. The summed E-state index contributed by atoms with van der Waals surface area (Å²) in [4.78, 5) is 27.4. The smallest absolute Gasteiger partial charge is 0.325 e. The summed E-state index contributed by atoms with van der Waals surface area (Å²) in [5.74, 6) is -0.440. The molecular formula is C21H31N3O4. The molecule has 7 nitrogen and oxygen atoms in total. The number of urea groups is 1. The van der Waals surface area contributed by atoms with E-state index in [0.29, 0.717) is 19.2 Å². The third kappa shape index (κ3) is 6.21. The summed E-state index contributed by atoms with van der Waals surface area (Å²) in [6.07, 6.45) is 4.34. The highest BCUT2D eigenvalue weighted by Gasteiger charge is 2.27. The Morgan fingerprint density at radius 3 is 2.21 bits per heavy atom.